The van der Waals surface area contributed by atoms with E-state index in [-0.39, 0.29) is 29.8 Å². The Bertz CT molecular complexity index is 984. The fourth-order valence-corrected chi connectivity index (χ4v) is 4.86. The lowest BCUT2D eigenvalue weighted by Crippen LogP contribution is -2.49. The van der Waals surface area contributed by atoms with E-state index in [0.29, 0.717) is 25.2 Å². The predicted octanol–water partition coefficient (Wildman–Crippen LogP) is 2.21. The summed E-state index contributed by atoms with van der Waals surface area (Å²) in [5, 5.41) is 0. The summed E-state index contributed by atoms with van der Waals surface area (Å²) >= 11 is 0. The average Bonchev–Trinajstić information content (AvgIpc) is 2.75. The first-order valence-electron chi connectivity index (χ1n) is 9.57. The molecule has 0 aromatic heterocycles. The van der Waals surface area contributed by atoms with Crippen LogP contribution in [0.5, 0.6) is 0 Å². The second-order valence-corrected chi connectivity index (χ2v) is 8.76. The zero-order valence-electron chi connectivity index (χ0n) is 16.6. The van der Waals surface area contributed by atoms with Gasteiger partial charge in [0.25, 0.3) is 5.91 Å². The van der Waals surface area contributed by atoms with E-state index in [4.69, 9.17) is 0 Å². The van der Waals surface area contributed by atoms with E-state index in [1.54, 1.807) is 21.9 Å². The Morgan fingerprint density at radius 1 is 0.966 bits per heavy atom. The summed E-state index contributed by atoms with van der Waals surface area (Å²) in [4.78, 5) is 27.8. The van der Waals surface area contributed by atoms with Crippen molar-refractivity contribution in [1.82, 2.24) is 9.21 Å². The molecule has 0 aliphatic carbocycles. The van der Waals surface area contributed by atoms with Gasteiger partial charge in [-0.1, -0.05) is 24.3 Å². The van der Waals surface area contributed by atoms with Gasteiger partial charge in [0.1, 0.15) is 0 Å². The lowest BCUT2D eigenvalue weighted by molar-refractivity contribution is -0.129. The van der Waals surface area contributed by atoms with E-state index in [9.17, 15) is 18.0 Å². The first-order chi connectivity index (χ1) is 13.8. The molecule has 0 bridgehead atoms. The van der Waals surface area contributed by atoms with Gasteiger partial charge in [0.15, 0.2) is 0 Å². The number of piperazine rings is 1. The van der Waals surface area contributed by atoms with Gasteiger partial charge in [-0.15, -0.1) is 0 Å². The molecule has 0 saturated carbocycles. The smallest absolute Gasteiger partial charge is 0.258 e. The monoisotopic (exact) mass is 415 g/mol. The minimum absolute atomic E-state index is 0.0600. The maximum absolute atomic E-state index is 13.0. The second-order valence-electron chi connectivity index (χ2n) is 6.82. The van der Waals surface area contributed by atoms with Gasteiger partial charge in [-0.25, -0.2) is 8.42 Å². The van der Waals surface area contributed by atoms with Crippen LogP contribution in [0.2, 0.25) is 0 Å². The molecule has 1 saturated heterocycles. The molecule has 1 fully saturated rings. The van der Waals surface area contributed by atoms with Gasteiger partial charge >= 0.3 is 0 Å². The van der Waals surface area contributed by atoms with Crippen molar-refractivity contribution in [1.29, 1.82) is 0 Å². The molecular weight excluding hydrogens is 390 g/mol. The first-order valence-corrected chi connectivity index (χ1v) is 11.0. The normalized spacial score (nSPS) is 15.2. The van der Waals surface area contributed by atoms with Gasteiger partial charge in [0.05, 0.1) is 4.90 Å². The van der Waals surface area contributed by atoms with Crippen molar-refractivity contribution in [3.63, 3.8) is 0 Å². The molecule has 1 heterocycles. The van der Waals surface area contributed by atoms with Gasteiger partial charge in [-0.2, -0.15) is 4.31 Å². The molecule has 154 valence electrons. The van der Waals surface area contributed by atoms with E-state index in [2.05, 4.69) is 0 Å². The van der Waals surface area contributed by atoms with Crippen molar-refractivity contribution in [2.75, 3.05) is 37.6 Å². The number of sulfonamides is 1. The van der Waals surface area contributed by atoms with E-state index in [1.807, 2.05) is 37.3 Å². The molecule has 0 spiro atoms. The van der Waals surface area contributed by atoms with Crippen molar-refractivity contribution in [2.45, 2.75) is 18.7 Å². The van der Waals surface area contributed by atoms with Crippen LogP contribution in [0.1, 0.15) is 24.2 Å². The lowest BCUT2D eigenvalue weighted by Gasteiger charge is -2.33. The molecule has 29 heavy (non-hydrogen) atoms. The van der Waals surface area contributed by atoms with Crippen molar-refractivity contribution in [3.05, 3.63) is 60.2 Å². The Morgan fingerprint density at radius 2 is 1.62 bits per heavy atom. The maximum Gasteiger partial charge on any atom is 0.258 e. The van der Waals surface area contributed by atoms with Crippen LogP contribution in [0.3, 0.4) is 0 Å². The summed E-state index contributed by atoms with van der Waals surface area (Å²) in [6, 6.07) is 15.4. The molecule has 0 N–H and O–H groups in total. The number of nitrogens with zero attached hydrogens (tertiary/aromatic N) is 3. The summed E-state index contributed by atoms with van der Waals surface area (Å²) in [5.41, 5.74) is 1.08. The number of hydrogen-bond donors (Lipinski definition) is 0. The number of hydrogen-bond acceptors (Lipinski definition) is 4. The van der Waals surface area contributed by atoms with Crippen LogP contribution >= 0.6 is 0 Å². The quantitative estimate of drug-likeness (QED) is 0.750. The summed E-state index contributed by atoms with van der Waals surface area (Å²) < 4.78 is 27.5. The van der Waals surface area contributed by atoms with E-state index < -0.39 is 10.0 Å². The molecule has 2 amide bonds. The van der Waals surface area contributed by atoms with E-state index in [0.717, 1.165) is 5.69 Å². The Kier molecular flexibility index (Phi) is 6.34. The van der Waals surface area contributed by atoms with E-state index >= 15 is 0 Å². The Balaban J connectivity index is 1.83. The Hall–Kier alpha value is -2.71. The SMILES string of the molecule is CCN(C(=O)c1cccc(S(=O)(=O)N2CCN(C(C)=O)CC2)c1)c1ccccc1. The third-order valence-corrected chi connectivity index (χ3v) is 6.93. The molecule has 2 aromatic carbocycles. The minimum Gasteiger partial charge on any atom is -0.340 e. The van der Waals surface area contributed by atoms with Gasteiger partial charge in [0, 0.05) is 50.9 Å². The number of carbonyl (C=O) groups excluding carboxylic acids is 2. The maximum atomic E-state index is 13.0. The molecule has 1 aliphatic rings. The van der Waals surface area contributed by atoms with Gasteiger partial charge in [-0.05, 0) is 37.3 Å². The predicted molar refractivity (Wildman–Crippen MR) is 111 cm³/mol. The molecule has 7 nitrogen and oxygen atoms in total. The van der Waals surface area contributed by atoms with Crippen LogP contribution < -0.4 is 4.90 Å². The third kappa shape index (κ3) is 4.49. The highest BCUT2D eigenvalue weighted by Crippen LogP contribution is 2.22. The summed E-state index contributed by atoms with van der Waals surface area (Å²) in [7, 11) is -3.74. The number of rotatable bonds is 5. The fourth-order valence-electron chi connectivity index (χ4n) is 3.39. The average molecular weight is 416 g/mol. The van der Waals surface area contributed by atoms with Crippen molar-refractivity contribution >= 4 is 27.5 Å². The molecule has 1 aliphatic heterocycles. The van der Waals surface area contributed by atoms with Crippen LogP contribution in [0.25, 0.3) is 0 Å². The Labute approximate surface area is 171 Å². The van der Waals surface area contributed by atoms with Crippen LogP contribution in [0.4, 0.5) is 5.69 Å². The molecule has 8 heteroatoms. The molecule has 3 rings (SSSR count). The highest BCUT2D eigenvalue weighted by Gasteiger charge is 2.30. The molecule has 2 aromatic rings. The third-order valence-electron chi connectivity index (χ3n) is 5.03. The zero-order valence-corrected chi connectivity index (χ0v) is 17.4. The number of carbonyl (C=O) groups is 2. The zero-order chi connectivity index (χ0) is 21.0. The number of anilines is 1. The number of amides is 2. The number of benzene rings is 2. The molecule has 0 atom stereocenters. The van der Waals surface area contributed by atoms with Gasteiger partial charge in [0.2, 0.25) is 15.9 Å². The number of para-hydroxylation sites is 1. The molecule has 0 radical (unpaired) electrons. The fraction of sp³-hybridized carbons (Fsp3) is 0.333. The minimum atomic E-state index is -3.74. The van der Waals surface area contributed by atoms with E-state index in [1.165, 1.54) is 23.4 Å². The standard InChI is InChI=1S/C21H25N3O4S/c1-3-24(19-9-5-4-6-10-19)21(26)18-8-7-11-20(16-18)29(27,28)23-14-12-22(13-15-23)17(2)25/h4-11,16H,3,12-15H2,1-2H3. The topological polar surface area (TPSA) is 78.0 Å². The largest absolute Gasteiger partial charge is 0.340 e. The van der Waals surface area contributed by atoms with Crippen LogP contribution in [0.15, 0.2) is 59.5 Å². The molecule has 0 unspecified atom stereocenters. The Morgan fingerprint density at radius 3 is 2.21 bits per heavy atom. The van der Waals surface area contributed by atoms with Crippen LogP contribution in [-0.4, -0.2) is 62.2 Å². The van der Waals surface area contributed by atoms with Crippen molar-refractivity contribution < 1.29 is 18.0 Å². The second kappa shape index (κ2) is 8.75. The van der Waals surface area contributed by atoms with Crippen LogP contribution in [0, 0.1) is 0 Å². The summed E-state index contributed by atoms with van der Waals surface area (Å²) in [6.07, 6.45) is 0. The highest BCUT2D eigenvalue weighted by atomic mass is 32.2. The van der Waals surface area contributed by atoms with Gasteiger partial charge in [-0.3, -0.25) is 9.59 Å². The first kappa shape index (κ1) is 21.0. The highest BCUT2D eigenvalue weighted by molar-refractivity contribution is 7.89. The van der Waals surface area contributed by atoms with Crippen LogP contribution in [-0.2, 0) is 14.8 Å². The molecular formula is C21H25N3O4S. The summed E-state index contributed by atoms with van der Waals surface area (Å²) in [5.74, 6) is -0.313. The van der Waals surface area contributed by atoms with Gasteiger partial charge < -0.3 is 9.80 Å². The van der Waals surface area contributed by atoms with Crippen molar-refractivity contribution in [3.8, 4) is 0 Å². The summed E-state index contributed by atoms with van der Waals surface area (Å²) in [6.45, 7) is 5.03. The van der Waals surface area contributed by atoms with Crippen molar-refractivity contribution in [2.24, 2.45) is 0 Å². The lowest BCUT2D eigenvalue weighted by atomic mass is 10.2.